The van der Waals surface area contributed by atoms with Gasteiger partial charge in [0.25, 0.3) is 0 Å². The summed E-state index contributed by atoms with van der Waals surface area (Å²) in [7, 11) is 7.20. The van der Waals surface area contributed by atoms with E-state index in [1.807, 2.05) is 6.92 Å². The van der Waals surface area contributed by atoms with Gasteiger partial charge in [0.05, 0.1) is 0 Å². The predicted octanol–water partition coefficient (Wildman–Crippen LogP) is -0.883. The molecule has 0 aromatic rings. The van der Waals surface area contributed by atoms with E-state index in [4.69, 9.17) is 13.6 Å². The highest BCUT2D eigenvalue weighted by molar-refractivity contribution is 6.60. The number of nitrogens with two attached hydrogens (primary N) is 1. The van der Waals surface area contributed by atoms with Crippen LogP contribution >= 0.6 is 0 Å². The van der Waals surface area contributed by atoms with Crippen molar-refractivity contribution in [1.82, 2.24) is 4.90 Å². The highest BCUT2D eigenvalue weighted by Crippen LogP contribution is 2.00. The fraction of sp³-hybridized carbons (Fsp3) is 0.600. The molecule has 0 amide bonds. The van der Waals surface area contributed by atoms with Crippen molar-refractivity contribution in [2.45, 2.75) is 13.1 Å². The van der Waals surface area contributed by atoms with E-state index >= 15 is 0 Å². The minimum absolute atomic E-state index is 0.142. The summed E-state index contributed by atoms with van der Waals surface area (Å²) in [5.41, 5.74) is 5.89. The number of rotatable bonds is 0. The van der Waals surface area contributed by atoms with Crippen LogP contribution in [0.15, 0.2) is 9.98 Å². The zero-order valence-electron chi connectivity index (χ0n) is 6.07. The van der Waals surface area contributed by atoms with Crippen LogP contribution in [0.4, 0.5) is 0 Å². The van der Waals surface area contributed by atoms with Crippen LogP contribution in [-0.4, -0.2) is 37.7 Å². The van der Waals surface area contributed by atoms with Gasteiger partial charge in [-0.2, -0.15) is 0 Å². The Balaban J connectivity index is 2.83. The molecule has 0 aliphatic carbocycles. The topological polar surface area (TPSA) is 54.0 Å². The van der Waals surface area contributed by atoms with Gasteiger partial charge < -0.3 is 10.6 Å². The smallest absolute Gasteiger partial charge is 0.197 e. The fourth-order valence-electron chi connectivity index (χ4n) is 0.702. The Morgan fingerprint density at radius 1 is 1.60 bits per heavy atom. The SMILES string of the molecule is [B]C1=N[C@H](C)N=C(N)N1C. The molecule has 0 saturated carbocycles. The molecule has 2 radical (unpaired) electrons. The summed E-state index contributed by atoms with van der Waals surface area (Å²) in [6, 6.07) is 0. The molecule has 0 aromatic heterocycles. The first-order chi connectivity index (χ1) is 4.61. The van der Waals surface area contributed by atoms with Gasteiger partial charge in [-0.3, -0.25) is 4.99 Å². The lowest BCUT2D eigenvalue weighted by Gasteiger charge is -2.23. The molecule has 0 unspecified atom stereocenters. The fourth-order valence-corrected chi connectivity index (χ4v) is 0.702. The monoisotopic (exact) mass is 136 g/mol. The number of nitrogens with zero attached hydrogens (tertiary/aromatic N) is 3. The van der Waals surface area contributed by atoms with Gasteiger partial charge in [-0.1, -0.05) is 0 Å². The van der Waals surface area contributed by atoms with Gasteiger partial charge in [-0.05, 0) is 6.92 Å². The quantitative estimate of drug-likeness (QED) is 0.439. The second-order valence-corrected chi connectivity index (χ2v) is 2.17. The Morgan fingerprint density at radius 3 is 2.70 bits per heavy atom. The van der Waals surface area contributed by atoms with E-state index in [1.54, 1.807) is 11.9 Å². The van der Waals surface area contributed by atoms with Crippen molar-refractivity contribution in [3.63, 3.8) is 0 Å². The highest BCUT2D eigenvalue weighted by Gasteiger charge is 2.11. The second-order valence-electron chi connectivity index (χ2n) is 2.17. The Kier molecular flexibility index (Phi) is 1.65. The second kappa shape index (κ2) is 2.32. The molecule has 5 heteroatoms. The number of amidine groups is 1. The third kappa shape index (κ3) is 1.12. The average Bonchev–Trinajstić information content (AvgIpc) is 1.82. The predicted molar refractivity (Wildman–Crippen MR) is 42.0 cm³/mol. The largest absolute Gasteiger partial charge is 0.369 e. The summed E-state index contributed by atoms with van der Waals surface area (Å²) >= 11 is 0. The molecule has 1 aliphatic heterocycles. The molecule has 52 valence electrons. The van der Waals surface area contributed by atoms with Crippen molar-refractivity contribution < 1.29 is 0 Å². The first-order valence-electron chi connectivity index (χ1n) is 3.01. The highest BCUT2D eigenvalue weighted by atomic mass is 15.3. The molecule has 0 fully saturated rings. The molecule has 0 saturated heterocycles. The molecule has 0 spiro atoms. The summed E-state index contributed by atoms with van der Waals surface area (Å²) in [5.74, 6) is 0.417. The molecule has 0 bridgehead atoms. The average molecular weight is 136 g/mol. The van der Waals surface area contributed by atoms with E-state index in [0.29, 0.717) is 11.7 Å². The minimum atomic E-state index is -0.142. The molecule has 1 heterocycles. The van der Waals surface area contributed by atoms with Crippen LogP contribution in [-0.2, 0) is 0 Å². The Morgan fingerprint density at radius 2 is 2.20 bits per heavy atom. The molecule has 2 N–H and O–H groups in total. The van der Waals surface area contributed by atoms with Crippen molar-refractivity contribution in [2.24, 2.45) is 15.7 Å². The van der Waals surface area contributed by atoms with E-state index in [1.165, 1.54) is 0 Å². The van der Waals surface area contributed by atoms with E-state index in [9.17, 15) is 0 Å². The minimum Gasteiger partial charge on any atom is -0.369 e. The van der Waals surface area contributed by atoms with Gasteiger partial charge >= 0.3 is 0 Å². The van der Waals surface area contributed by atoms with Gasteiger partial charge in [-0.25, -0.2) is 4.99 Å². The number of hydrogen-bond donors (Lipinski definition) is 1. The Labute approximate surface area is 61.2 Å². The molecule has 1 rings (SSSR count). The van der Waals surface area contributed by atoms with E-state index in [-0.39, 0.29) is 6.17 Å². The third-order valence-corrected chi connectivity index (χ3v) is 1.33. The van der Waals surface area contributed by atoms with Gasteiger partial charge in [0.2, 0.25) is 0 Å². The third-order valence-electron chi connectivity index (χ3n) is 1.33. The van der Waals surface area contributed by atoms with E-state index in [2.05, 4.69) is 9.98 Å². The molecule has 0 aromatic carbocycles. The number of guanidine groups is 1. The van der Waals surface area contributed by atoms with E-state index < -0.39 is 0 Å². The standard InChI is InChI=1S/C5H9BN4/c1-3-8-4(6)10(2)5(7)9-3/h3H,1-2H3,(H2,7,9)/t3-/m0/s1. The van der Waals surface area contributed by atoms with Crippen LogP contribution in [0.2, 0.25) is 0 Å². The van der Waals surface area contributed by atoms with Crippen LogP contribution < -0.4 is 5.73 Å². The lowest BCUT2D eigenvalue weighted by molar-refractivity contribution is 0.660. The van der Waals surface area contributed by atoms with Crippen LogP contribution in [0.3, 0.4) is 0 Å². The van der Waals surface area contributed by atoms with Crippen molar-refractivity contribution in [3.8, 4) is 0 Å². The van der Waals surface area contributed by atoms with Crippen LogP contribution in [0.1, 0.15) is 6.92 Å². The summed E-state index contributed by atoms with van der Waals surface area (Å²) in [6.07, 6.45) is -0.142. The first kappa shape index (κ1) is 7.12. The lowest BCUT2D eigenvalue weighted by atomic mass is 10.1. The van der Waals surface area contributed by atoms with Gasteiger partial charge in [0.1, 0.15) is 6.17 Å². The van der Waals surface area contributed by atoms with Crippen molar-refractivity contribution >= 4 is 19.5 Å². The van der Waals surface area contributed by atoms with Crippen molar-refractivity contribution in [1.29, 1.82) is 0 Å². The Hall–Kier alpha value is -0.995. The summed E-state index contributed by atoms with van der Waals surface area (Å²) in [6.45, 7) is 1.83. The molecule has 1 aliphatic rings. The summed E-state index contributed by atoms with van der Waals surface area (Å²) < 4.78 is 0. The molecular formula is C5H9BN4. The van der Waals surface area contributed by atoms with Gasteiger partial charge in [0, 0.05) is 12.8 Å². The lowest BCUT2D eigenvalue weighted by Crippen LogP contribution is -2.42. The van der Waals surface area contributed by atoms with Crippen molar-refractivity contribution in [2.75, 3.05) is 7.05 Å². The maximum absolute atomic E-state index is 5.47. The van der Waals surface area contributed by atoms with E-state index in [0.717, 1.165) is 0 Å². The Bertz CT molecular complexity index is 178. The van der Waals surface area contributed by atoms with Crippen molar-refractivity contribution in [3.05, 3.63) is 0 Å². The molecule has 10 heavy (non-hydrogen) atoms. The summed E-state index contributed by atoms with van der Waals surface area (Å²) in [4.78, 5) is 9.48. The normalized spacial score (nSPS) is 25.8. The van der Waals surface area contributed by atoms with Crippen LogP contribution in [0, 0.1) is 0 Å². The van der Waals surface area contributed by atoms with Gasteiger partial charge in [0.15, 0.2) is 13.8 Å². The summed E-state index contributed by atoms with van der Waals surface area (Å²) in [5, 5.41) is 0. The maximum atomic E-state index is 5.47. The van der Waals surface area contributed by atoms with Crippen LogP contribution in [0.5, 0.6) is 0 Å². The maximum Gasteiger partial charge on any atom is 0.197 e. The number of hydrogen-bond acceptors (Lipinski definition) is 4. The van der Waals surface area contributed by atoms with Crippen LogP contribution in [0.25, 0.3) is 0 Å². The van der Waals surface area contributed by atoms with Gasteiger partial charge in [-0.15, -0.1) is 0 Å². The zero-order chi connectivity index (χ0) is 7.72. The molecular weight excluding hydrogens is 127 g/mol. The molecule has 4 nitrogen and oxygen atoms in total. The zero-order valence-corrected chi connectivity index (χ0v) is 6.07. The number of aliphatic imine (C=N–C) groups is 2. The first-order valence-corrected chi connectivity index (χ1v) is 3.01. The molecule has 1 atom stereocenters.